The largest absolute Gasteiger partial charge is 0.393 e. The van der Waals surface area contributed by atoms with Crippen LogP contribution in [0.15, 0.2) is 41.5 Å². The fourth-order valence-electron chi connectivity index (χ4n) is 7.20. The predicted molar refractivity (Wildman–Crippen MR) is 118 cm³/mol. The third kappa shape index (κ3) is 2.98. The van der Waals surface area contributed by atoms with Crippen LogP contribution in [0.5, 0.6) is 0 Å². The lowest BCUT2D eigenvalue weighted by atomic mass is 9.48. The number of benzene rings is 1. The Morgan fingerprint density at radius 2 is 1.76 bits per heavy atom. The molecule has 3 saturated carbocycles. The van der Waals surface area contributed by atoms with Crippen molar-refractivity contribution in [3.05, 3.63) is 52.1 Å². The van der Waals surface area contributed by atoms with E-state index in [1.807, 2.05) is 24.3 Å². The van der Waals surface area contributed by atoms with Gasteiger partial charge in [-0.15, -0.1) is 0 Å². The number of carbonyl (C=O) groups is 1. The lowest BCUT2D eigenvalue weighted by molar-refractivity contribution is -0.130. The van der Waals surface area contributed by atoms with E-state index in [1.54, 1.807) is 0 Å². The molecule has 0 saturated heterocycles. The highest BCUT2D eigenvalue weighted by molar-refractivity contribution is 6.30. The molecule has 0 spiro atoms. The van der Waals surface area contributed by atoms with Crippen LogP contribution >= 0.6 is 11.6 Å². The number of Topliss-reactive ketones (excluding diaryl/α,β-unsaturated/α-hetero) is 1. The molecule has 0 unspecified atom stereocenters. The molecular weight excluding hydrogens is 380 g/mol. The number of hydrogen-bond donors (Lipinski definition) is 1. The summed E-state index contributed by atoms with van der Waals surface area (Å²) in [5, 5.41) is 10.9. The topological polar surface area (TPSA) is 37.3 Å². The van der Waals surface area contributed by atoms with Crippen LogP contribution in [0, 0.1) is 28.6 Å². The van der Waals surface area contributed by atoms with Gasteiger partial charge in [-0.2, -0.15) is 0 Å². The quantitative estimate of drug-likeness (QED) is 0.440. The number of fused-ring (bicyclic) bond motifs is 5. The van der Waals surface area contributed by atoms with E-state index >= 15 is 0 Å². The van der Waals surface area contributed by atoms with E-state index in [2.05, 4.69) is 26.0 Å². The molecule has 4 aliphatic rings. The molecule has 0 radical (unpaired) electrons. The minimum atomic E-state index is -0.213. The predicted octanol–water partition coefficient (Wildman–Crippen LogP) is 6.23. The Labute approximate surface area is 179 Å². The van der Waals surface area contributed by atoms with E-state index in [0.717, 1.165) is 61.1 Å². The van der Waals surface area contributed by atoms with Crippen LogP contribution < -0.4 is 0 Å². The molecule has 3 heteroatoms. The van der Waals surface area contributed by atoms with Gasteiger partial charge in [-0.05, 0) is 97.5 Å². The van der Waals surface area contributed by atoms with Crippen LogP contribution in [0.1, 0.15) is 64.4 Å². The SMILES string of the molecule is C[C@]12CC[C@H](O)CC1=CC[C@@H]1[C@@H]2CC[C@]2(C)C(=O)/C(=C/c3ccc(Cl)cc3)C[C@@H]12. The summed E-state index contributed by atoms with van der Waals surface area (Å²) in [5.41, 5.74) is 3.56. The molecule has 0 aliphatic heterocycles. The Kier molecular flexibility index (Phi) is 4.60. The average Bonchev–Trinajstić information content (AvgIpc) is 2.95. The molecule has 1 aromatic carbocycles. The zero-order valence-electron chi connectivity index (χ0n) is 17.5. The van der Waals surface area contributed by atoms with Gasteiger partial charge >= 0.3 is 0 Å². The second kappa shape index (κ2) is 6.82. The van der Waals surface area contributed by atoms with Crippen LogP contribution in [-0.4, -0.2) is 17.0 Å². The van der Waals surface area contributed by atoms with E-state index in [0.29, 0.717) is 23.5 Å². The Morgan fingerprint density at radius 3 is 2.52 bits per heavy atom. The molecule has 0 heterocycles. The summed E-state index contributed by atoms with van der Waals surface area (Å²) >= 11 is 6.02. The number of aliphatic hydroxyl groups excluding tert-OH is 1. The van der Waals surface area contributed by atoms with Gasteiger partial charge < -0.3 is 5.11 Å². The summed E-state index contributed by atoms with van der Waals surface area (Å²) in [6, 6.07) is 7.79. The Balaban J connectivity index is 1.47. The summed E-state index contributed by atoms with van der Waals surface area (Å²) in [6.07, 6.45) is 11.3. The number of rotatable bonds is 1. The van der Waals surface area contributed by atoms with Crippen molar-refractivity contribution in [3.8, 4) is 0 Å². The molecule has 1 N–H and O–H groups in total. The van der Waals surface area contributed by atoms with Crippen molar-refractivity contribution >= 4 is 23.5 Å². The molecule has 4 aliphatic carbocycles. The van der Waals surface area contributed by atoms with Crippen molar-refractivity contribution in [3.63, 3.8) is 0 Å². The Morgan fingerprint density at radius 1 is 1.03 bits per heavy atom. The second-order valence-corrected chi connectivity index (χ2v) is 10.8. The standard InChI is InChI=1S/C26H31ClO2/c1-25-11-9-20(28)15-18(25)5-8-21-22(25)10-12-26(2)23(21)14-17(24(26)29)13-16-3-6-19(27)7-4-16/h3-7,13,20-23,28H,8-12,14-15H2,1-2H3/b17-13+/t20-,21+,22-,23-,25-,26-/m0/s1. The first-order valence-corrected chi connectivity index (χ1v) is 11.6. The van der Waals surface area contributed by atoms with Crippen molar-refractivity contribution in [1.29, 1.82) is 0 Å². The van der Waals surface area contributed by atoms with Gasteiger partial charge in [0.05, 0.1) is 6.10 Å². The fourth-order valence-corrected chi connectivity index (χ4v) is 7.33. The van der Waals surface area contributed by atoms with Crippen LogP contribution in [-0.2, 0) is 4.79 Å². The highest BCUT2D eigenvalue weighted by atomic mass is 35.5. The molecule has 5 rings (SSSR count). The van der Waals surface area contributed by atoms with Crippen LogP contribution in [0.25, 0.3) is 6.08 Å². The van der Waals surface area contributed by atoms with Crippen molar-refractivity contribution in [1.82, 2.24) is 0 Å². The van der Waals surface area contributed by atoms with Crippen molar-refractivity contribution in [2.24, 2.45) is 28.6 Å². The van der Waals surface area contributed by atoms with Crippen molar-refractivity contribution in [2.45, 2.75) is 64.9 Å². The zero-order valence-corrected chi connectivity index (χ0v) is 18.2. The first kappa shape index (κ1) is 19.6. The summed E-state index contributed by atoms with van der Waals surface area (Å²) in [7, 11) is 0. The second-order valence-electron chi connectivity index (χ2n) is 10.4. The maximum atomic E-state index is 13.5. The van der Waals surface area contributed by atoms with Crippen LogP contribution in [0.4, 0.5) is 0 Å². The van der Waals surface area contributed by atoms with Gasteiger partial charge in [-0.1, -0.05) is 49.2 Å². The average molecular weight is 411 g/mol. The van der Waals surface area contributed by atoms with Gasteiger partial charge in [0.1, 0.15) is 0 Å². The molecule has 0 amide bonds. The zero-order chi connectivity index (χ0) is 20.4. The van der Waals surface area contributed by atoms with E-state index in [-0.39, 0.29) is 16.9 Å². The normalized spacial score (nSPS) is 42.8. The molecular formula is C26H31ClO2. The van der Waals surface area contributed by atoms with E-state index in [4.69, 9.17) is 11.6 Å². The van der Waals surface area contributed by atoms with Gasteiger partial charge in [-0.25, -0.2) is 0 Å². The number of ketones is 1. The fraction of sp³-hybridized carbons (Fsp3) is 0.577. The number of carbonyl (C=O) groups excluding carboxylic acids is 1. The molecule has 0 bridgehead atoms. The minimum absolute atomic E-state index is 0.165. The van der Waals surface area contributed by atoms with Gasteiger partial charge in [-0.3, -0.25) is 4.79 Å². The minimum Gasteiger partial charge on any atom is -0.393 e. The van der Waals surface area contributed by atoms with Gasteiger partial charge in [0.2, 0.25) is 0 Å². The lowest BCUT2D eigenvalue weighted by Gasteiger charge is -2.56. The molecule has 2 nitrogen and oxygen atoms in total. The number of halogens is 1. The van der Waals surface area contributed by atoms with Crippen LogP contribution in [0.2, 0.25) is 5.02 Å². The number of aliphatic hydroxyl groups is 1. The molecule has 29 heavy (non-hydrogen) atoms. The smallest absolute Gasteiger partial charge is 0.165 e. The van der Waals surface area contributed by atoms with E-state index in [1.165, 1.54) is 5.57 Å². The maximum Gasteiger partial charge on any atom is 0.165 e. The third-order valence-corrected chi connectivity index (χ3v) is 9.18. The van der Waals surface area contributed by atoms with Crippen LogP contribution in [0.3, 0.4) is 0 Å². The molecule has 0 aromatic heterocycles. The molecule has 3 fully saturated rings. The third-order valence-electron chi connectivity index (χ3n) is 8.93. The Hall–Kier alpha value is -1.38. The number of allylic oxidation sites excluding steroid dienone is 2. The van der Waals surface area contributed by atoms with Crippen molar-refractivity contribution < 1.29 is 9.90 Å². The summed E-state index contributed by atoms with van der Waals surface area (Å²) < 4.78 is 0. The van der Waals surface area contributed by atoms with Gasteiger partial charge in [0.25, 0.3) is 0 Å². The molecule has 6 atom stereocenters. The van der Waals surface area contributed by atoms with E-state index in [9.17, 15) is 9.90 Å². The highest BCUT2D eigenvalue weighted by Crippen LogP contribution is 2.64. The first-order valence-electron chi connectivity index (χ1n) is 11.2. The van der Waals surface area contributed by atoms with E-state index < -0.39 is 0 Å². The Bertz CT molecular complexity index is 898. The summed E-state index contributed by atoms with van der Waals surface area (Å²) in [6.45, 7) is 4.66. The highest BCUT2D eigenvalue weighted by Gasteiger charge is 2.59. The monoisotopic (exact) mass is 410 g/mol. The lowest BCUT2D eigenvalue weighted by Crippen LogP contribution is -2.50. The molecule has 154 valence electrons. The van der Waals surface area contributed by atoms with Gasteiger partial charge in [0, 0.05) is 10.4 Å². The first-order chi connectivity index (χ1) is 13.8. The summed E-state index contributed by atoms with van der Waals surface area (Å²) in [5.74, 6) is 2.04. The number of hydrogen-bond acceptors (Lipinski definition) is 2. The molecule has 1 aromatic rings. The van der Waals surface area contributed by atoms with Crippen molar-refractivity contribution in [2.75, 3.05) is 0 Å². The maximum absolute atomic E-state index is 13.5. The summed E-state index contributed by atoms with van der Waals surface area (Å²) in [4.78, 5) is 13.5. The van der Waals surface area contributed by atoms with Gasteiger partial charge in [0.15, 0.2) is 5.78 Å².